The SMILES string of the molecule is C=Cc1sc(C)cc1/C=C\CCCC(C)CCCC(C)C.CC. The second-order valence-corrected chi connectivity index (χ2v) is 7.93. The van der Waals surface area contributed by atoms with Gasteiger partial charge in [-0.25, -0.2) is 0 Å². The average molecular weight is 335 g/mol. The Morgan fingerprint density at radius 1 is 1.09 bits per heavy atom. The van der Waals surface area contributed by atoms with E-state index in [1.165, 1.54) is 53.8 Å². The Morgan fingerprint density at radius 2 is 1.74 bits per heavy atom. The van der Waals surface area contributed by atoms with Crippen LogP contribution in [0, 0.1) is 18.8 Å². The zero-order valence-corrected chi connectivity index (χ0v) is 17.1. The van der Waals surface area contributed by atoms with Gasteiger partial charge in [0.15, 0.2) is 0 Å². The van der Waals surface area contributed by atoms with E-state index in [-0.39, 0.29) is 0 Å². The molecule has 0 fully saturated rings. The molecule has 0 aliphatic carbocycles. The zero-order valence-electron chi connectivity index (χ0n) is 16.3. The van der Waals surface area contributed by atoms with Crippen molar-refractivity contribution in [1.82, 2.24) is 0 Å². The van der Waals surface area contributed by atoms with Gasteiger partial charge in [-0.05, 0) is 43.2 Å². The van der Waals surface area contributed by atoms with Crippen molar-refractivity contribution in [3.63, 3.8) is 0 Å². The summed E-state index contributed by atoms with van der Waals surface area (Å²) in [4.78, 5) is 2.66. The average Bonchev–Trinajstić information content (AvgIpc) is 2.88. The molecule has 0 radical (unpaired) electrons. The standard InChI is InChI=1S/C20H32S.C2H6/c1-6-20-19(15-18(5)21-20)14-9-7-8-12-17(4)13-10-11-16(2)3;1-2/h6,9,14-17H,1,7-8,10-13H2,2-5H3;1-2H3/b14-9-;. The van der Waals surface area contributed by atoms with Gasteiger partial charge in [0.1, 0.15) is 0 Å². The Balaban J connectivity index is 0.00000232. The lowest BCUT2D eigenvalue weighted by Crippen LogP contribution is -1.96. The molecule has 0 amide bonds. The highest BCUT2D eigenvalue weighted by atomic mass is 32.1. The molecule has 0 nitrogen and oxygen atoms in total. The summed E-state index contributed by atoms with van der Waals surface area (Å²) >= 11 is 1.83. The predicted octanol–water partition coefficient (Wildman–Crippen LogP) is 8.37. The molecule has 0 N–H and O–H groups in total. The van der Waals surface area contributed by atoms with E-state index in [1.54, 1.807) is 0 Å². The first-order chi connectivity index (χ1) is 11.0. The Bertz CT molecular complexity index is 437. The minimum atomic E-state index is 0.855. The van der Waals surface area contributed by atoms with Crippen LogP contribution in [0.15, 0.2) is 18.7 Å². The summed E-state index contributed by atoms with van der Waals surface area (Å²) in [6.07, 6.45) is 14.6. The second-order valence-electron chi connectivity index (χ2n) is 6.64. The van der Waals surface area contributed by atoms with E-state index in [2.05, 4.69) is 52.5 Å². The van der Waals surface area contributed by atoms with Crippen LogP contribution in [0.5, 0.6) is 0 Å². The molecule has 1 rings (SSSR count). The van der Waals surface area contributed by atoms with Gasteiger partial charge in [-0.1, -0.05) is 85.1 Å². The van der Waals surface area contributed by atoms with Crippen LogP contribution in [-0.2, 0) is 0 Å². The second kappa shape index (κ2) is 13.6. The van der Waals surface area contributed by atoms with Gasteiger partial charge in [0.25, 0.3) is 0 Å². The van der Waals surface area contributed by atoms with Crippen LogP contribution in [0.25, 0.3) is 12.2 Å². The molecule has 0 aliphatic heterocycles. The van der Waals surface area contributed by atoms with E-state index in [1.807, 2.05) is 31.3 Å². The highest BCUT2D eigenvalue weighted by Gasteiger charge is 2.03. The maximum absolute atomic E-state index is 3.89. The number of thiophene rings is 1. The van der Waals surface area contributed by atoms with Crippen LogP contribution >= 0.6 is 11.3 Å². The molecular weight excluding hydrogens is 296 g/mol. The van der Waals surface area contributed by atoms with Crippen molar-refractivity contribution in [2.45, 2.75) is 80.1 Å². The lowest BCUT2D eigenvalue weighted by Gasteiger charge is -2.11. The van der Waals surface area contributed by atoms with Crippen LogP contribution in [-0.4, -0.2) is 0 Å². The maximum atomic E-state index is 3.89. The first-order valence-electron chi connectivity index (χ1n) is 9.42. The van der Waals surface area contributed by atoms with Crippen molar-refractivity contribution in [2.24, 2.45) is 11.8 Å². The van der Waals surface area contributed by atoms with Gasteiger partial charge in [0.2, 0.25) is 0 Å². The summed E-state index contributed by atoms with van der Waals surface area (Å²) < 4.78 is 0. The fourth-order valence-electron chi connectivity index (χ4n) is 2.66. The van der Waals surface area contributed by atoms with Crippen LogP contribution in [0.3, 0.4) is 0 Å². The van der Waals surface area contributed by atoms with E-state index < -0.39 is 0 Å². The van der Waals surface area contributed by atoms with Crippen molar-refractivity contribution in [1.29, 1.82) is 0 Å². The summed E-state index contributed by atoms with van der Waals surface area (Å²) in [6, 6.07) is 2.26. The van der Waals surface area contributed by atoms with Gasteiger partial charge in [0.05, 0.1) is 0 Å². The Hall–Kier alpha value is -0.820. The Labute approximate surface area is 149 Å². The Morgan fingerprint density at radius 3 is 2.35 bits per heavy atom. The molecule has 1 aromatic rings. The van der Waals surface area contributed by atoms with Gasteiger partial charge in [-0.3, -0.25) is 0 Å². The summed E-state index contributed by atoms with van der Waals surface area (Å²) in [5, 5.41) is 0. The number of aryl methyl sites for hydroxylation is 1. The van der Waals surface area contributed by atoms with E-state index in [0.29, 0.717) is 0 Å². The molecule has 1 unspecified atom stereocenters. The van der Waals surface area contributed by atoms with Crippen LogP contribution in [0.1, 0.15) is 88.5 Å². The fraction of sp³-hybridized carbons (Fsp3) is 0.636. The summed E-state index contributed by atoms with van der Waals surface area (Å²) in [7, 11) is 0. The number of hydrogen-bond donors (Lipinski definition) is 0. The lowest BCUT2D eigenvalue weighted by atomic mass is 9.95. The van der Waals surface area contributed by atoms with Crippen LogP contribution < -0.4 is 0 Å². The molecule has 0 saturated heterocycles. The molecule has 1 heteroatoms. The van der Waals surface area contributed by atoms with Crippen molar-refractivity contribution in [3.05, 3.63) is 34.0 Å². The van der Waals surface area contributed by atoms with Crippen molar-refractivity contribution < 1.29 is 0 Å². The lowest BCUT2D eigenvalue weighted by molar-refractivity contribution is 0.428. The summed E-state index contributed by atoms with van der Waals surface area (Å²) in [6.45, 7) is 17.1. The van der Waals surface area contributed by atoms with Gasteiger partial charge in [0, 0.05) is 9.75 Å². The first-order valence-corrected chi connectivity index (χ1v) is 10.2. The number of unbranched alkanes of at least 4 members (excludes halogenated alkanes) is 1. The number of rotatable bonds is 10. The van der Waals surface area contributed by atoms with Gasteiger partial charge in [-0.2, -0.15) is 0 Å². The first kappa shape index (κ1) is 22.2. The molecule has 0 aromatic carbocycles. The van der Waals surface area contributed by atoms with Crippen molar-refractivity contribution in [2.75, 3.05) is 0 Å². The number of allylic oxidation sites excluding steroid dienone is 1. The molecule has 1 aromatic heterocycles. The minimum absolute atomic E-state index is 0.855. The van der Waals surface area contributed by atoms with E-state index in [0.717, 1.165) is 11.8 Å². The minimum Gasteiger partial charge on any atom is -0.141 e. The molecule has 0 bridgehead atoms. The monoisotopic (exact) mass is 334 g/mol. The van der Waals surface area contributed by atoms with Crippen molar-refractivity contribution in [3.8, 4) is 0 Å². The van der Waals surface area contributed by atoms with E-state index in [9.17, 15) is 0 Å². The number of hydrogen-bond acceptors (Lipinski definition) is 1. The molecule has 132 valence electrons. The molecule has 0 spiro atoms. The third kappa shape index (κ3) is 10.5. The summed E-state index contributed by atoms with van der Waals surface area (Å²) in [5.74, 6) is 1.73. The highest BCUT2D eigenvalue weighted by Crippen LogP contribution is 2.24. The predicted molar refractivity (Wildman–Crippen MR) is 111 cm³/mol. The zero-order chi connectivity index (χ0) is 17.7. The van der Waals surface area contributed by atoms with Gasteiger partial charge < -0.3 is 0 Å². The smallest absolute Gasteiger partial charge is 0.0339 e. The molecular formula is C22H38S. The molecule has 1 atom stereocenters. The fourth-order valence-corrected chi connectivity index (χ4v) is 3.52. The quantitative estimate of drug-likeness (QED) is 0.377. The highest BCUT2D eigenvalue weighted by molar-refractivity contribution is 7.13. The van der Waals surface area contributed by atoms with E-state index in [4.69, 9.17) is 0 Å². The molecule has 1 heterocycles. The third-order valence-electron chi connectivity index (χ3n) is 3.94. The van der Waals surface area contributed by atoms with Gasteiger partial charge in [-0.15, -0.1) is 11.3 Å². The molecule has 23 heavy (non-hydrogen) atoms. The van der Waals surface area contributed by atoms with Crippen LogP contribution in [0.2, 0.25) is 0 Å². The van der Waals surface area contributed by atoms with E-state index >= 15 is 0 Å². The maximum Gasteiger partial charge on any atom is 0.0339 e. The molecule has 0 saturated carbocycles. The van der Waals surface area contributed by atoms with Crippen molar-refractivity contribution >= 4 is 23.5 Å². The molecule has 0 aliphatic rings. The normalized spacial score (nSPS) is 12.3. The van der Waals surface area contributed by atoms with Gasteiger partial charge >= 0.3 is 0 Å². The third-order valence-corrected chi connectivity index (χ3v) is 5.01. The largest absolute Gasteiger partial charge is 0.141 e. The topological polar surface area (TPSA) is 0 Å². The summed E-state index contributed by atoms with van der Waals surface area (Å²) in [5.41, 5.74) is 1.33. The Kier molecular flexibility index (Phi) is 13.1. The van der Waals surface area contributed by atoms with Crippen LogP contribution in [0.4, 0.5) is 0 Å².